The Bertz CT molecular complexity index is 661. The van der Waals surface area contributed by atoms with Gasteiger partial charge in [0.1, 0.15) is 5.75 Å². The van der Waals surface area contributed by atoms with Crippen LogP contribution in [0.4, 0.5) is 0 Å². The highest BCUT2D eigenvalue weighted by atomic mass is 16.5. The summed E-state index contributed by atoms with van der Waals surface area (Å²) >= 11 is 0. The largest absolute Gasteiger partial charge is 0.496 e. The number of pyridine rings is 1. The molecule has 1 heterocycles. The predicted octanol–water partition coefficient (Wildman–Crippen LogP) is 2.90. The number of aromatic nitrogens is 1. The molecule has 0 atom stereocenters. The molecule has 108 valence electrons. The van der Waals surface area contributed by atoms with Crippen LogP contribution < -0.4 is 4.74 Å². The Hall–Kier alpha value is -2.38. The summed E-state index contributed by atoms with van der Waals surface area (Å²) in [6, 6.07) is 13.7. The Morgan fingerprint density at radius 1 is 1.24 bits per heavy atom. The van der Waals surface area contributed by atoms with Gasteiger partial charge in [-0.3, -0.25) is 9.88 Å². The minimum absolute atomic E-state index is 0.646. The smallest absolute Gasteiger partial charge is 0.123 e. The second kappa shape index (κ2) is 6.87. The summed E-state index contributed by atoms with van der Waals surface area (Å²) in [6.45, 7) is 3.44. The van der Waals surface area contributed by atoms with E-state index < -0.39 is 0 Å². The first-order chi connectivity index (χ1) is 10.1. The molecule has 0 saturated carbocycles. The molecule has 0 aliphatic carbocycles. The van der Waals surface area contributed by atoms with E-state index >= 15 is 0 Å². The van der Waals surface area contributed by atoms with E-state index in [4.69, 9.17) is 10.00 Å². The third kappa shape index (κ3) is 4.04. The molecule has 21 heavy (non-hydrogen) atoms. The molecule has 0 N–H and O–H groups in total. The SMILES string of the molecule is COc1ccc(C#N)cc1CN(C)Cc1cccc(C)n1. The number of benzene rings is 1. The summed E-state index contributed by atoms with van der Waals surface area (Å²) in [6.07, 6.45) is 0. The topological polar surface area (TPSA) is 49.1 Å². The summed E-state index contributed by atoms with van der Waals surface area (Å²) in [4.78, 5) is 6.66. The van der Waals surface area contributed by atoms with Crippen LogP contribution in [0.15, 0.2) is 36.4 Å². The number of aryl methyl sites for hydroxylation is 1. The Labute approximate surface area is 125 Å². The molecule has 4 nitrogen and oxygen atoms in total. The van der Waals surface area contributed by atoms with Crippen LogP contribution >= 0.6 is 0 Å². The van der Waals surface area contributed by atoms with Gasteiger partial charge in [-0.25, -0.2) is 0 Å². The molecule has 1 aromatic heterocycles. The van der Waals surface area contributed by atoms with Crippen LogP contribution in [0.1, 0.15) is 22.5 Å². The van der Waals surface area contributed by atoms with Gasteiger partial charge in [0.2, 0.25) is 0 Å². The Morgan fingerprint density at radius 3 is 2.71 bits per heavy atom. The van der Waals surface area contributed by atoms with Gasteiger partial charge in [0.15, 0.2) is 0 Å². The lowest BCUT2D eigenvalue weighted by atomic mass is 10.1. The summed E-state index contributed by atoms with van der Waals surface area (Å²) in [5, 5.41) is 9.01. The summed E-state index contributed by atoms with van der Waals surface area (Å²) in [7, 11) is 3.68. The van der Waals surface area contributed by atoms with Gasteiger partial charge in [0.05, 0.1) is 24.4 Å². The van der Waals surface area contributed by atoms with Crippen molar-refractivity contribution in [1.82, 2.24) is 9.88 Å². The standard InChI is InChI=1S/C17H19N3O/c1-13-5-4-6-16(19-13)12-20(2)11-15-9-14(10-18)7-8-17(15)21-3/h4-9H,11-12H2,1-3H3. The van der Waals surface area contributed by atoms with Crippen LogP contribution in [-0.2, 0) is 13.1 Å². The van der Waals surface area contributed by atoms with Gasteiger partial charge < -0.3 is 4.74 Å². The first-order valence-electron chi connectivity index (χ1n) is 6.80. The fourth-order valence-electron chi connectivity index (χ4n) is 2.28. The normalized spacial score (nSPS) is 10.4. The van der Waals surface area contributed by atoms with Gasteiger partial charge in [0.25, 0.3) is 0 Å². The fourth-order valence-corrected chi connectivity index (χ4v) is 2.28. The number of methoxy groups -OCH3 is 1. The maximum absolute atomic E-state index is 9.01. The van der Waals surface area contributed by atoms with Gasteiger partial charge >= 0.3 is 0 Å². The number of nitrogens with zero attached hydrogens (tertiary/aromatic N) is 3. The Kier molecular flexibility index (Phi) is 4.91. The van der Waals surface area contributed by atoms with Crippen molar-refractivity contribution in [3.8, 4) is 11.8 Å². The molecule has 0 aliphatic heterocycles. The molecule has 0 amide bonds. The molecule has 0 spiro atoms. The first-order valence-corrected chi connectivity index (χ1v) is 6.80. The molecule has 0 saturated heterocycles. The third-order valence-electron chi connectivity index (χ3n) is 3.23. The zero-order valence-electron chi connectivity index (χ0n) is 12.6. The zero-order valence-corrected chi connectivity index (χ0v) is 12.6. The van der Waals surface area contributed by atoms with Gasteiger partial charge in [0, 0.05) is 24.3 Å². The number of rotatable bonds is 5. The molecule has 2 aromatic rings. The maximum atomic E-state index is 9.01. The zero-order chi connectivity index (χ0) is 15.2. The van der Waals surface area contributed by atoms with Crippen LogP contribution in [0.25, 0.3) is 0 Å². The fraction of sp³-hybridized carbons (Fsp3) is 0.294. The molecular weight excluding hydrogens is 262 g/mol. The van der Waals surface area contributed by atoms with E-state index in [1.54, 1.807) is 13.2 Å². The highest BCUT2D eigenvalue weighted by Gasteiger charge is 2.09. The van der Waals surface area contributed by atoms with E-state index in [1.165, 1.54) is 0 Å². The first kappa shape index (κ1) is 15.0. The van der Waals surface area contributed by atoms with Gasteiger partial charge in [-0.2, -0.15) is 5.26 Å². The predicted molar refractivity (Wildman–Crippen MR) is 81.9 cm³/mol. The summed E-state index contributed by atoms with van der Waals surface area (Å²) < 4.78 is 5.36. The van der Waals surface area contributed by atoms with Gasteiger partial charge in [-0.1, -0.05) is 6.07 Å². The molecule has 1 aromatic carbocycles. The Balaban J connectivity index is 2.12. The quantitative estimate of drug-likeness (QED) is 0.845. The highest BCUT2D eigenvalue weighted by molar-refractivity contribution is 5.42. The average molecular weight is 281 g/mol. The molecule has 0 unspecified atom stereocenters. The van der Waals surface area contributed by atoms with E-state index in [0.717, 1.165) is 29.2 Å². The number of hydrogen-bond acceptors (Lipinski definition) is 4. The second-order valence-electron chi connectivity index (χ2n) is 5.08. The lowest BCUT2D eigenvalue weighted by Crippen LogP contribution is -2.18. The van der Waals surface area contributed by atoms with Crippen molar-refractivity contribution in [3.63, 3.8) is 0 Å². The van der Waals surface area contributed by atoms with Crippen molar-refractivity contribution in [2.45, 2.75) is 20.0 Å². The minimum Gasteiger partial charge on any atom is -0.496 e. The number of nitriles is 1. The second-order valence-corrected chi connectivity index (χ2v) is 5.08. The van der Waals surface area contributed by atoms with Crippen LogP contribution in [0, 0.1) is 18.3 Å². The molecule has 0 bridgehead atoms. The van der Waals surface area contributed by atoms with Crippen molar-refractivity contribution in [2.24, 2.45) is 0 Å². The van der Waals surface area contributed by atoms with E-state index in [0.29, 0.717) is 12.1 Å². The monoisotopic (exact) mass is 281 g/mol. The highest BCUT2D eigenvalue weighted by Crippen LogP contribution is 2.21. The van der Waals surface area contributed by atoms with E-state index in [1.807, 2.05) is 44.3 Å². The molecule has 0 radical (unpaired) electrons. The molecule has 0 aliphatic rings. The van der Waals surface area contributed by atoms with Crippen molar-refractivity contribution < 1.29 is 4.74 Å². The van der Waals surface area contributed by atoms with E-state index in [-0.39, 0.29) is 0 Å². The summed E-state index contributed by atoms with van der Waals surface area (Å²) in [5.41, 5.74) is 3.71. The lowest BCUT2D eigenvalue weighted by Gasteiger charge is -2.18. The number of ether oxygens (including phenoxy) is 1. The van der Waals surface area contributed by atoms with E-state index in [9.17, 15) is 0 Å². The maximum Gasteiger partial charge on any atom is 0.123 e. The van der Waals surface area contributed by atoms with Crippen LogP contribution in [0.5, 0.6) is 5.75 Å². The van der Waals surface area contributed by atoms with Gasteiger partial charge in [-0.15, -0.1) is 0 Å². The number of hydrogen-bond donors (Lipinski definition) is 0. The van der Waals surface area contributed by atoms with Crippen molar-refractivity contribution in [2.75, 3.05) is 14.2 Å². The molecule has 2 rings (SSSR count). The third-order valence-corrected chi connectivity index (χ3v) is 3.23. The lowest BCUT2D eigenvalue weighted by molar-refractivity contribution is 0.306. The van der Waals surface area contributed by atoms with Crippen molar-refractivity contribution >= 4 is 0 Å². The molecular formula is C17H19N3O. The average Bonchev–Trinajstić information content (AvgIpc) is 2.47. The van der Waals surface area contributed by atoms with Crippen molar-refractivity contribution in [3.05, 3.63) is 58.9 Å². The van der Waals surface area contributed by atoms with Crippen LogP contribution in [-0.4, -0.2) is 24.0 Å². The molecule has 4 heteroatoms. The minimum atomic E-state index is 0.646. The van der Waals surface area contributed by atoms with Crippen molar-refractivity contribution in [1.29, 1.82) is 5.26 Å². The van der Waals surface area contributed by atoms with Crippen LogP contribution in [0.2, 0.25) is 0 Å². The summed E-state index contributed by atoms with van der Waals surface area (Å²) in [5.74, 6) is 0.804. The van der Waals surface area contributed by atoms with Crippen LogP contribution in [0.3, 0.4) is 0 Å². The Morgan fingerprint density at radius 2 is 2.05 bits per heavy atom. The van der Waals surface area contributed by atoms with Gasteiger partial charge in [-0.05, 0) is 44.3 Å². The van der Waals surface area contributed by atoms with E-state index in [2.05, 4.69) is 16.0 Å². The molecule has 0 fully saturated rings.